The number of para-hydroxylation sites is 2. The van der Waals surface area contributed by atoms with Crippen molar-refractivity contribution in [1.29, 1.82) is 0 Å². The minimum Gasteiger partial charge on any atom is -0.495 e. The molecule has 3 aromatic rings. The zero-order chi connectivity index (χ0) is 20.9. The number of nitrogens with zero attached hydrogens (tertiary/aromatic N) is 2. The van der Waals surface area contributed by atoms with Gasteiger partial charge in [-0.3, -0.25) is 4.79 Å². The van der Waals surface area contributed by atoms with Crippen molar-refractivity contribution in [3.8, 4) is 21.9 Å². The Morgan fingerprint density at radius 1 is 0.967 bits per heavy atom. The number of thiophene rings is 1. The number of piperazine rings is 1. The van der Waals surface area contributed by atoms with Gasteiger partial charge in [0.1, 0.15) is 16.4 Å². The molecule has 0 unspecified atom stereocenters. The van der Waals surface area contributed by atoms with E-state index >= 15 is 0 Å². The summed E-state index contributed by atoms with van der Waals surface area (Å²) in [5.74, 6) is 1.59. The maximum atomic E-state index is 13.3. The Hall–Kier alpha value is -2.99. The Labute approximate surface area is 181 Å². The number of ether oxygens (including phenoxy) is 2. The molecule has 4 rings (SSSR count). The number of benzene rings is 2. The summed E-state index contributed by atoms with van der Waals surface area (Å²) in [5.41, 5.74) is 2.17. The first-order valence-electron chi connectivity index (χ1n) is 10.2. The first-order valence-corrected chi connectivity index (χ1v) is 11.0. The highest BCUT2D eigenvalue weighted by atomic mass is 32.1. The fraction of sp³-hybridized carbons (Fsp3) is 0.292. The highest BCUT2D eigenvalue weighted by Gasteiger charge is 2.27. The molecule has 0 bridgehead atoms. The minimum absolute atomic E-state index is 0.0466. The first kappa shape index (κ1) is 20.3. The van der Waals surface area contributed by atoms with E-state index in [-0.39, 0.29) is 5.91 Å². The highest BCUT2D eigenvalue weighted by Crippen LogP contribution is 2.37. The van der Waals surface area contributed by atoms with Crippen LogP contribution in [0, 0.1) is 0 Å². The molecule has 0 aliphatic carbocycles. The van der Waals surface area contributed by atoms with E-state index in [9.17, 15) is 4.79 Å². The molecular formula is C24H26N2O3S. The molecule has 0 N–H and O–H groups in total. The van der Waals surface area contributed by atoms with Crippen LogP contribution in [0.3, 0.4) is 0 Å². The summed E-state index contributed by atoms with van der Waals surface area (Å²) in [5, 5.41) is 0. The average molecular weight is 423 g/mol. The lowest BCUT2D eigenvalue weighted by Gasteiger charge is -2.36. The molecule has 0 spiro atoms. The Kier molecular flexibility index (Phi) is 6.23. The largest absolute Gasteiger partial charge is 0.495 e. The van der Waals surface area contributed by atoms with Crippen LogP contribution in [0.2, 0.25) is 0 Å². The molecular weight excluding hydrogens is 396 g/mol. The predicted molar refractivity (Wildman–Crippen MR) is 122 cm³/mol. The molecule has 1 aliphatic heterocycles. The SMILES string of the molecule is CCOc1cc(-c2ccccc2)sc1C(=O)N1CCN(c2ccccc2OC)CC1. The predicted octanol–water partition coefficient (Wildman–Crippen LogP) is 4.78. The van der Waals surface area contributed by atoms with Crippen LogP contribution in [0.25, 0.3) is 10.4 Å². The number of methoxy groups -OCH3 is 1. The van der Waals surface area contributed by atoms with Crippen LogP contribution >= 0.6 is 11.3 Å². The quantitative estimate of drug-likeness (QED) is 0.573. The third-order valence-electron chi connectivity index (χ3n) is 5.24. The molecule has 1 aliphatic rings. The van der Waals surface area contributed by atoms with Gasteiger partial charge in [-0.15, -0.1) is 11.3 Å². The van der Waals surface area contributed by atoms with Gasteiger partial charge < -0.3 is 19.3 Å². The Bertz CT molecular complexity index is 995. The van der Waals surface area contributed by atoms with Gasteiger partial charge in [0.05, 0.1) is 19.4 Å². The van der Waals surface area contributed by atoms with Crippen molar-refractivity contribution in [1.82, 2.24) is 4.90 Å². The minimum atomic E-state index is 0.0466. The molecule has 156 valence electrons. The van der Waals surface area contributed by atoms with Crippen LogP contribution in [-0.2, 0) is 0 Å². The highest BCUT2D eigenvalue weighted by molar-refractivity contribution is 7.17. The number of hydrogen-bond donors (Lipinski definition) is 0. The lowest BCUT2D eigenvalue weighted by Crippen LogP contribution is -2.48. The lowest BCUT2D eigenvalue weighted by atomic mass is 10.2. The zero-order valence-electron chi connectivity index (χ0n) is 17.3. The second-order valence-electron chi connectivity index (χ2n) is 7.05. The number of amides is 1. The summed E-state index contributed by atoms with van der Waals surface area (Å²) in [6.07, 6.45) is 0. The van der Waals surface area contributed by atoms with Crippen molar-refractivity contribution in [3.05, 3.63) is 65.5 Å². The monoisotopic (exact) mass is 422 g/mol. The van der Waals surface area contributed by atoms with Crippen molar-refractivity contribution < 1.29 is 14.3 Å². The van der Waals surface area contributed by atoms with Gasteiger partial charge in [0, 0.05) is 31.1 Å². The number of anilines is 1. The standard InChI is InChI=1S/C24H26N2O3S/c1-3-29-21-17-22(18-9-5-4-6-10-18)30-23(21)24(27)26-15-13-25(14-16-26)19-11-7-8-12-20(19)28-2/h4-12,17H,3,13-16H2,1-2H3. The van der Waals surface area contributed by atoms with Crippen molar-refractivity contribution in [2.45, 2.75) is 6.92 Å². The number of rotatable bonds is 6. The molecule has 5 nitrogen and oxygen atoms in total. The summed E-state index contributed by atoms with van der Waals surface area (Å²) >= 11 is 1.51. The van der Waals surface area contributed by atoms with Crippen LogP contribution in [0.5, 0.6) is 11.5 Å². The number of hydrogen-bond acceptors (Lipinski definition) is 5. The molecule has 0 saturated carbocycles. The molecule has 1 fully saturated rings. The summed E-state index contributed by atoms with van der Waals surface area (Å²) in [7, 11) is 1.69. The average Bonchev–Trinajstić information content (AvgIpc) is 3.23. The van der Waals surface area contributed by atoms with E-state index in [1.165, 1.54) is 11.3 Å². The van der Waals surface area contributed by atoms with E-state index < -0.39 is 0 Å². The summed E-state index contributed by atoms with van der Waals surface area (Å²) < 4.78 is 11.3. The van der Waals surface area contributed by atoms with E-state index in [0.29, 0.717) is 30.3 Å². The van der Waals surface area contributed by atoms with Gasteiger partial charge in [-0.05, 0) is 30.7 Å². The van der Waals surface area contributed by atoms with Crippen molar-refractivity contribution in [3.63, 3.8) is 0 Å². The molecule has 30 heavy (non-hydrogen) atoms. The first-order chi connectivity index (χ1) is 14.7. The molecule has 1 amide bonds. The van der Waals surface area contributed by atoms with Gasteiger partial charge >= 0.3 is 0 Å². The van der Waals surface area contributed by atoms with Crippen LogP contribution in [0.4, 0.5) is 5.69 Å². The van der Waals surface area contributed by atoms with Crippen molar-refractivity contribution >= 4 is 22.9 Å². The van der Waals surface area contributed by atoms with E-state index in [1.54, 1.807) is 7.11 Å². The second-order valence-corrected chi connectivity index (χ2v) is 8.11. The van der Waals surface area contributed by atoms with Gasteiger partial charge in [-0.25, -0.2) is 0 Å². The molecule has 2 aromatic carbocycles. The molecule has 2 heterocycles. The Morgan fingerprint density at radius 3 is 2.37 bits per heavy atom. The Balaban J connectivity index is 1.51. The number of carbonyl (C=O) groups excluding carboxylic acids is 1. The molecule has 1 aromatic heterocycles. The summed E-state index contributed by atoms with van der Waals surface area (Å²) in [6.45, 7) is 5.36. The normalized spacial score (nSPS) is 13.9. The van der Waals surface area contributed by atoms with Crippen LogP contribution < -0.4 is 14.4 Å². The van der Waals surface area contributed by atoms with Crippen molar-refractivity contribution in [2.24, 2.45) is 0 Å². The van der Waals surface area contributed by atoms with Gasteiger partial charge in [0.25, 0.3) is 5.91 Å². The third-order valence-corrected chi connectivity index (χ3v) is 6.40. The van der Waals surface area contributed by atoms with E-state index in [4.69, 9.17) is 9.47 Å². The van der Waals surface area contributed by atoms with Gasteiger partial charge in [0.2, 0.25) is 0 Å². The maximum Gasteiger partial charge on any atom is 0.267 e. The van der Waals surface area contributed by atoms with Crippen LogP contribution in [0.1, 0.15) is 16.6 Å². The maximum absolute atomic E-state index is 13.3. The van der Waals surface area contributed by atoms with Gasteiger partial charge in [-0.2, -0.15) is 0 Å². The van der Waals surface area contributed by atoms with Crippen molar-refractivity contribution in [2.75, 3.05) is 44.8 Å². The molecule has 1 saturated heterocycles. The van der Waals surface area contributed by atoms with Crippen LogP contribution in [-0.4, -0.2) is 50.7 Å². The van der Waals surface area contributed by atoms with Gasteiger partial charge in [0.15, 0.2) is 0 Å². The van der Waals surface area contributed by atoms with Crippen LogP contribution in [0.15, 0.2) is 60.7 Å². The topological polar surface area (TPSA) is 42.0 Å². The fourth-order valence-corrected chi connectivity index (χ4v) is 4.79. The molecule has 0 radical (unpaired) electrons. The molecule has 0 atom stereocenters. The van der Waals surface area contributed by atoms with Gasteiger partial charge in [-0.1, -0.05) is 42.5 Å². The smallest absolute Gasteiger partial charge is 0.267 e. The number of carbonyl (C=O) groups is 1. The summed E-state index contributed by atoms with van der Waals surface area (Å²) in [4.78, 5) is 19.3. The molecule has 6 heteroatoms. The van der Waals surface area contributed by atoms with E-state index in [1.807, 2.05) is 54.3 Å². The lowest BCUT2D eigenvalue weighted by molar-refractivity contribution is 0.0748. The fourth-order valence-electron chi connectivity index (χ4n) is 3.72. The van der Waals surface area contributed by atoms with E-state index in [0.717, 1.165) is 35.0 Å². The summed E-state index contributed by atoms with van der Waals surface area (Å²) in [6, 6.07) is 20.1. The second kappa shape index (κ2) is 9.22. The van der Waals surface area contributed by atoms with E-state index in [2.05, 4.69) is 23.1 Å². The Morgan fingerprint density at radius 2 is 1.67 bits per heavy atom. The third kappa shape index (κ3) is 4.14. The zero-order valence-corrected chi connectivity index (χ0v) is 18.2.